The van der Waals surface area contributed by atoms with Gasteiger partial charge in [0, 0.05) is 13.0 Å². The van der Waals surface area contributed by atoms with Gasteiger partial charge < -0.3 is 20.6 Å². The highest BCUT2D eigenvalue weighted by Gasteiger charge is 2.19. The molecule has 98 valence electrons. The van der Waals surface area contributed by atoms with Gasteiger partial charge in [-0.05, 0) is 17.7 Å². The number of rotatable bonds is 6. The number of phenolic OH excluding ortho intramolecular Hbond substituents is 1. The van der Waals surface area contributed by atoms with E-state index in [0.717, 1.165) is 0 Å². The third-order valence-electron chi connectivity index (χ3n) is 2.33. The average Bonchev–Trinajstić information content (AvgIpc) is 2.28. The Kier molecular flexibility index (Phi) is 5.13. The average molecular weight is 253 g/mol. The Bertz CT molecular complexity index is 432. The summed E-state index contributed by atoms with van der Waals surface area (Å²) >= 11 is 0. The number of carbonyl (C=O) groups is 2. The molecule has 0 bridgehead atoms. The molecule has 1 rings (SSSR count). The zero-order valence-electron chi connectivity index (χ0n) is 9.67. The molecule has 6 heteroatoms. The fourth-order valence-corrected chi connectivity index (χ4v) is 1.48. The second kappa shape index (κ2) is 6.61. The van der Waals surface area contributed by atoms with Gasteiger partial charge in [0.2, 0.25) is 5.91 Å². The molecule has 1 aromatic carbocycles. The standard InChI is InChI=1S/C12H15NO5/c14-5-4-10(12(17)18)13-11(16)7-8-2-1-3-9(15)6-8/h1-3,6,10,14-15H,4-5,7H2,(H,13,16)(H,17,18)/t10-/m1/s1. The topological polar surface area (TPSA) is 107 Å². The number of carboxylic acids is 1. The number of amides is 1. The lowest BCUT2D eigenvalue weighted by molar-refractivity contribution is -0.142. The van der Waals surface area contributed by atoms with Crippen LogP contribution in [0, 0.1) is 0 Å². The second-order valence-electron chi connectivity index (χ2n) is 3.82. The van der Waals surface area contributed by atoms with Gasteiger partial charge in [-0.25, -0.2) is 4.79 Å². The summed E-state index contributed by atoms with van der Waals surface area (Å²) in [4.78, 5) is 22.3. The van der Waals surface area contributed by atoms with E-state index in [1.165, 1.54) is 12.1 Å². The summed E-state index contributed by atoms with van der Waals surface area (Å²) in [5.74, 6) is -1.61. The number of hydrogen-bond acceptors (Lipinski definition) is 4. The minimum atomic E-state index is -1.19. The van der Waals surface area contributed by atoms with Crippen LogP contribution in [0.5, 0.6) is 5.75 Å². The van der Waals surface area contributed by atoms with E-state index in [4.69, 9.17) is 10.2 Å². The Balaban J connectivity index is 2.57. The van der Waals surface area contributed by atoms with E-state index in [-0.39, 0.29) is 25.2 Å². The van der Waals surface area contributed by atoms with E-state index < -0.39 is 17.9 Å². The van der Waals surface area contributed by atoms with E-state index >= 15 is 0 Å². The number of nitrogens with one attached hydrogen (secondary N) is 1. The summed E-state index contributed by atoms with van der Waals surface area (Å²) in [6.07, 6.45) is -0.0648. The first kappa shape index (κ1) is 14.0. The largest absolute Gasteiger partial charge is 0.508 e. The van der Waals surface area contributed by atoms with Crippen molar-refractivity contribution in [2.45, 2.75) is 18.9 Å². The lowest BCUT2D eigenvalue weighted by Gasteiger charge is -2.13. The molecule has 0 spiro atoms. The molecule has 0 unspecified atom stereocenters. The van der Waals surface area contributed by atoms with Crippen molar-refractivity contribution in [1.82, 2.24) is 5.32 Å². The monoisotopic (exact) mass is 253 g/mol. The van der Waals surface area contributed by atoms with Crippen molar-refractivity contribution in [3.63, 3.8) is 0 Å². The summed E-state index contributed by atoms with van der Waals surface area (Å²) < 4.78 is 0. The zero-order valence-corrected chi connectivity index (χ0v) is 9.67. The van der Waals surface area contributed by atoms with Gasteiger partial charge in [-0.15, -0.1) is 0 Å². The summed E-state index contributed by atoms with van der Waals surface area (Å²) in [5, 5.41) is 29.0. The molecule has 0 aliphatic heterocycles. The lowest BCUT2D eigenvalue weighted by Crippen LogP contribution is -2.42. The highest BCUT2D eigenvalue weighted by molar-refractivity contribution is 5.84. The van der Waals surface area contributed by atoms with Gasteiger partial charge in [0.1, 0.15) is 11.8 Å². The van der Waals surface area contributed by atoms with Crippen LogP contribution >= 0.6 is 0 Å². The molecule has 0 fully saturated rings. The van der Waals surface area contributed by atoms with Crippen LogP contribution in [0.1, 0.15) is 12.0 Å². The van der Waals surface area contributed by atoms with E-state index in [1.807, 2.05) is 0 Å². The molecule has 0 radical (unpaired) electrons. The first-order valence-electron chi connectivity index (χ1n) is 5.44. The van der Waals surface area contributed by atoms with Gasteiger partial charge in [-0.1, -0.05) is 12.1 Å². The summed E-state index contributed by atoms with van der Waals surface area (Å²) in [6.45, 7) is -0.316. The Morgan fingerprint density at radius 1 is 1.33 bits per heavy atom. The molecular formula is C12H15NO5. The highest BCUT2D eigenvalue weighted by Crippen LogP contribution is 2.11. The number of phenols is 1. The molecule has 0 aliphatic rings. The first-order valence-corrected chi connectivity index (χ1v) is 5.44. The third kappa shape index (κ3) is 4.42. The maximum absolute atomic E-state index is 11.6. The summed E-state index contributed by atoms with van der Waals surface area (Å²) in [7, 11) is 0. The smallest absolute Gasteiger partial charge is 0.326 e. The van der Waals surface area contributed by atoms with Gasteiger partial charge in [-0.3, -0.25) is 4.79 Å². The molecule has 1 amide bonds. The van der Waals surface area contributed by atoms with Crippen LogP contribution in [0.2, 0.25) is 0 Å². The van der Waals surface area contributed by atoms with Crippen LogP contribution < -0.4 is 5.32 Å². The maximum Gasteiger partial charge on any atom is 0.326 e. The van der Waals surface area contributed by atoms with Crippen molar-refractivity contribution in [1.29, 1.82) is 0 Å². The van der Waals surface area contributed by atoms with E-state index in [2.05, 4.69) is 5.32 Å². The molecule has 0 heterocycles. The fourth-order valence-electron chi connectivity index (χ4n) is 1.48. The molecule has 18 heavy (non-hydrogen) atoms. The Labute approximate surface area is 104 Å². The summed E-state index contributed by atoms with van der Waals surface area (Å²) in [6, 6.07) is 5.07. The Morgan fingerprint density at radius 3 is 2.61 bits per heavy atom. The molecule has 0 aliphatic carbocycles. The molecule has 0 aromatic heterocycles. The maximum atomic E-state index is 11.6. The number of aromatic hydroxyl groups is 1. The molecule has 0 saturated carbocycles. The molecule has 1 atom stereocenters. The Hall–Kier alpha value is -2.08. The van der Waals surface area contributed by atoms with Crippen LogP contribution in [0.25, 0.3) is 0 Å². The van der Waals surface area contributed by atoms with Crippen molar-refractivity contribution in [3.8, 4) is 5.75 Å². The zero-order chi connectivity index (χ0) is 13.5. The quantitative estimate of drug-likeness (QED) is 0.565. The molecular weight excluding hydrogens is 238 g/mol. The van der Waals surface area contributed by atoms with Crippen molar-refractivity contribution in [2.75, 3.05) is 6.61 Å². The van der Waals surface area contributed by atoms with Gasteiger partial charge in [-0.2, -0.15) is 0 Å². The van der Waals surface area contributed by atoms with Gasteiger partial charge in [0.15, 0.2) is 0 Å². The Morgan fingerprint density at radius 2 is 2.06 bits per heavy atom. The third-order valence-corrected chi connectivity index (χ3v) is 2.33. The number of benzene rings is 1. The van der Waals surface area contributed by atoms with Gasteiger partial charge >= 0.3 is 5.97 Å². The number of hydrogen-bond donors (Lipinski definition) is 4. The number of aliphatic hydroxyl groups is 1. The number of carboxylic acid groups (broad SMARTS) is 1. The second-order valence-corrected chi connectivity index (χ2v) is 3.82. The van der Waals surface area contributed by atoms with Crippen molar-refractivity contribution < 1.29 is 24.9 Å². The van der Waals surface area contributed by atoms with Crippen LogP contribution in [0.4, 0.5) is 0 Å². The predicted molar refractivity (Wildman–Crippen MR) is 63.1 cm³/mol. The fraction of sp³-hybridized carbons (Fsp3) is 0.333. The minimum absolute atomic E-state index is 0.0242. The number of aliphatic carboxylic acids is 1. The van der Waals surface area contributed by atoms with Crippen molar-refractivity contribution in [3.05, 3.63) is 29.8 Å². The summed E-state index contributed by atoms with van der Waals surface area (Å²) in [5.41, 5.74) is 0.584. The van der Waals surface area contributed by atoms with Crippen LogP contribution in [0.3, 0.4) is 0 Å². The van der Waals surface area contributed by atoms with Crippen LogP contribution in [-0.2, 0) is 16.0 Å². The molecule has 4 N–H and O–H groups in total. The molecule has 0 saturated heterocycles. The predicted octanol–water partition coefficient (Wildman–Crippen LogP) is -0.113. The van der Waals surface area contributed by atoms with Gasteiger partial charge in [0.05, 0.1) is 6.42 Å². The first-order chi connectivity index (χ1) is 8.52. The number of carbonyl (C=O) groups excluding carboxylic acids is 1. The lowest BCUT2D eigenvalue weighted by atomic mass is 10.1. The van der Waals surface area contributed by atoms with Crippen molar-refractivity contribution >= 4 is 11.9 Å². The normalized spacial score (nSPS) is 11.8. The van der Waals surface area contributed by atoms with E-state index in [0.29, 0.717) is 5.56 Å². The highest BCUT2D eigenvalue weighted by atomic mass is 16.4. The number of aliphatic hydroxyl groups excluding tert-OH is 1. The van der Waals surface area contributed by atoms with E-state index in [1.54, 1.807) is 12.1 Å². The van der Waals surface area contributed by atoms with Crippen LogP contribution in [0.15, 0.2) is 24.3 Å². The molecule has 1 aromatic rings. The van der Waals surface area contributed by atoms with Crippen LogP contribution in [-0.4, -0.2) is 39.8 Å². The van der Waals surface area contributed by atoms with Crippen molar-refractivity contribution in [2.24, 2.45) is 0 Å². The minimum Gasteiger partial charge on any atom is -0.508 e. The van der Waals surface area contributed by atoms with Gasteiger partial charge in [0.25, 0.3) is 0 Å². The molecule has 6 nitrogen and oxygen atoms in total. The van der Waals surface area contributed by atoms with E-state index in [9.17, 15) is 14.7 Å². The SMILES string of the molecule is O=C(Cc1cccc(O)c1)N[C@H](CCO)C(=O)O.